The minimum absolute atomic E-state index is 0.113. The molecule has 2 saturated heterocycles. The standard InChI is InChI=1S/C12H23N3O2/c1-14-6-8-15(9-7-14)11(16)10-12(17)2-4-13-5-3-12/h13,17H,2-10H2,1H3. The number of rotatable bonds is 2. The summed E-state index contributed by atoms with van der Waals surface area (Å²) in [4.78, 5) is 16.2. The highest BCUT2D eigenvalue weighted by molar-refractivity contribution is 5.77. The largest absolute Gasteiger partial charge is 0.389 e. The van der Waals surface area contributed by atoms with Gasteiger partial charge in [-0.2, -0.15) is 0 Å². The molecule has 0 radical (unpaired) electrons. The highest BCUT2D eigenvalue weighted by Gasteiger charge is 2.33. The molecule has 0 atom stereocenters. The Morgan fingerprint density at radius 3 is 2.41 bits per heavy atom. The Morgan fingerprint density at radius 1 is 1.24 bits per heavy atom. The first-order valence-corrected chi connectivity index (χ1v) is 6.48. The molecular formula is C12H23N3O2. The highest BCUT2D eigenvalue weighted by Crippen LogP contribution is 2.23. The molecule has 5 nitrogen and oxygen atoms in total. The summed E-state index contributed by atoms with van der Waals surface area (Å²) < 4.78 is 0. The molecule has 0 saturated carbocycles. The van der Waals surface area contributed by atoms with Gasteiger partial charge < -0.3 is 20.2 Å². The lowest BCUT2D eigenvalue weighted by Gasteiger charge is -2.37. The lowest BCUT2D eigenvalue weighted by atomic mass is 9.88. The van der Waals surface area contributed by atoms with E-state index in [2.05, 4.69) is 17.3 Å². The van der Waals surface area contributed by atoms with Gasteiger partial charge in [0.05, 0.1) is 12.0 Å². The summed E-state index contributed by atoms with van der Waals surface area (Å²) >= 11 is 0. The number of carbonyl (C=O) groups excluding carboxylic acids is 1. The number of piperidine rings is 1. The molecule has 0 aliphatic carbocycles. The number of likely N-dealkylation sites (N-methyl/N-ethyl adjacent to an activating group) is 1. The third-order valence-corrected chi connectivity index (χ3v) is 3.87. The highest BCUT2D eigenvalue weighted by atomic mass is 16.3. The molecule has 0 unspecified atom stereocenters. The zero-order valence-corrected chi connectivity index (χ0v) is 10.6. The monoisotopic (exact) mass is 241 g/mol. The van der Waals surface area contributed by atoms with Crippen LogP contribution in [-0.2, 0) is 4.79 Å². The number of nitrogens with one attached hydrogen (secondary N) is 1. The molecule has 98 valence electrons. The molecule has 0 aromatic rings. The average molecular weight is 241 g/mol. The van der Waals surface area contributed by atoms with E-state index in [1.165, 1.54) is 0 Å². The van der Waals surface area contributed by atoms with Crippen molar-refractivity contribution in [3.05, 3.63) is 0 Å². The van der Waals surface area contributed by atoms with Crippen molar-refractivity contribution in [2.75, 3.05) is 46.3 Å². The quantitative estimate of drug-likeness (QED) is 0.669. The molecule has 5 heteroatoms. The number of hydrogen-bond acceptors (Lipinski definition) is 4. The van der Waals surface area contributed by atoms with Gasteiger partial charge in [0.25, 0.3) is 0 Å². The number of nitrogens with zero attached hydrogens (tertiary/aromatic N) is 2. The average Bonchev–Trinajstić information content (AvgIpc) is 2.30. The van der Waals surface area contributed by atoms with Gasteiger partial charge in [-0.1, -0.05) is 0 Å². The van der Waals surface area contributed by atoms with Crippen molar-refractivity contribution in [2.24, 2.45) is 0 Å². The Kier molecular flexibility index (Phi) is 4.01. The Bertz CT molecular complexity index is 269. The fraction of sp³-hybridized carbons (Fsp3) is 0.917. The van der Waals surface area contributed by atoms with E-state index >= 15 is 0 Å². The summed E-state index contributed by atoms with van der Waals surface area (Å²) in [5, 5.41) is 13.5. The summed E-state index contributed by atoms with van der Waals surface area (Å²) in [6, 6.07) is 0. The van der Waals surface area contributed by atoms with E-state index in [1.54, 1.807) is 0 Å². The third kappa shape index (κ3) is 3.40. The molecule has 2 rings (SSSR count). The molecule has 2 aliphatic rings. The molecule has 2 aliphatic heterocycles. The van der Waals surface area contributed by atoms with E-state index in [0.717, 1.165) is 39.3 Å². The SMILES string of the molecule is CN1CCN(C(=O)CC2(O)CCNCC2)CC1. The Hall–Kier alpha value is -0.650. The van der Waals surface area contributed by atoms with Crippen LogP contribution in [-0.4, -0.2) is 72.7 Å². The van der Waals surface area contributed by atoms with E-state index in [0.29, 0.717) is 19.3 Å². The summed E-state index contributed by atoms with van der Waals surface area (Å²) in [5.74, 6) is 0.113. The molecule has 2 N–H and O–H groups in total. The van der Waals surface area contributed by atoms with Gasteiger partial charge >= 0.3 is 0 Å². The molecule has 17 heavy (non-hydrogen) atoms. The zero-order chi connectivity index (χ0) is 12.3. The van der Waals surface area contributed by atoms with Crippen LogP contribution in [0.2, 0.25) is 0 Å². The lowest BCUT2D eigenvalue weighted by Crippen LogP contribution is -2.50. The Balaban J connectivity index is 1.83. The normalized spacial score (nSPS) is 25.9. The topological polar surface area (TPSA) is 55.8 Å². The Morgan fingerprint density at radius 2 is 1.82 bits per heavy atom. The van der Waals surface area contributed by atoms with E-state index in [-0.39, 0.29) is 5.91 Å². The second kappa shape index (κ2) is 5.33. The maximum absolute atomic E-state index is 12.1. The first kappa shape index (κ1) is 12.8. The smallest absolute Gasteiger partial charge is 0.225 e. The maximum atomic E-state index is 12.1. The second-order valence-electron chi connectivity index (χ2n) is 5.34. The van der Waals surface area contributed by atoms with Crippen LogP contribution in [0, 0.1) is 0 Å². The Labute approximate surface area is 103 Å². The zero-order valence-electron chi connectivity index (χ0n) is 10.6. The van der Waals surface area contributed by atoms with Crippen molar-refractivity contribution >= 4 is 5.91 Å². The van der Waals surface area contributed by atoms with E-state index in [4.69, 9.17) is 0 Å². The molecular weight excluding hydrogens is 218 g/mol. The minimum Gasteiger partial charge on any atom is -0.389 e. The van der Waals surface area contributed by atoms with Gasteiger partial charge in [-0.25, -0.2) is 0 Å². The number of hydrogen-bond donors (Lipinski definition) is 2. The van der Waals surface area contributed by atoms with Gasteiger partial charge in [-0.05, 0) is 33.0 Å². The van der Waals surface area contributed by atoms with Crippen molar-refractivity contribution in [3.8, 4) is 0 Å². The van der Waals surface area contributed by atoms with Crippen LogP contribution < -0.4 is 5.32 Å². The van der Waals surface area contributed by atoms with Crippen molar-refractivity contribution in [2.45, 2.75) is 24.9 Å². The van der Waals surface area contributed by atoms with Crippen LogP contribution in [0.1, 0.15) is 19.3 Å². The van der Waals surface area contributed by atoms with Gasteiger partial charge in [0.2, 0.25) is 5.91 Å². The fourth-order valence-electron chi connectivity index (χ4n) is 2.52. The van der Waals surface area contributed by atoms with Crippen LogP contribution >= 0.6 is 0 Å². The summed E-state index contributed by atoms with van der Waals surface area (Å²) in [6.45, 7) is 5.09. The number of aliphatic hydroxyl groups is 1. The predicted molar refractivity (Wildman–Crippen MR) is 65.7 cm³/mol. The van der Waals surface area contributed by atoms with Crippen molar-refractivity contribution in [1.82, 2.24) is 15.1 Å². The first-order chi connectivity index (χ1) is 8.09. The molecule has 1 amide bonds. The summed E-state index contributed by atoms with van der Waals surface area (Å²) in [5.41, 5.74) is -0.772. The molecule has 0 aromatic heterocycles. The van der Waals surface area contributed by atoms with Crippen LogP contribution in [0.25, 0.3) is 0 Å². The molecule has 0 aromatic carbocycles. The van der Waals surface area contributed by atoms with Gasteiger partial charge in [0.15, 0.2) is 0 Å². The summed E-state index contributed by atoms with van der Waals surface area (Å²) in [7, 11) is 2.07. The fourth-order valence-corrected chi connectivity index (χ4v) is 2.52. The van der Waals surface area contributed by atoms with Gasteiger partial charge in [-0.15, -0.1) is 0 Å². The third-order valence-electron chi connectivity index (χ3n) is 3.87. The number of amides is 1. The molecule has 0 spiro atoms. The van der Waals surface area contributed by atoms with Crippen molar-refractivity contribution in [1.29, 1.82) is 0 Å². The van der Waals surface area contributed by atoms with Crippen LogP contribution in [0.5, 0.6) is 0 Å². The van der Waals surface area contributed by atoms with Gasteiger partial charge in [0, 0.05) is 26.2 Å². The van der Waals surface area contributed by atoms with Crippen molar-refractivity contribution < 1.29 is 9.90 Å². The van der Waals surface area contributed by atoms with E-state index < -0.39 is 5.60 Å². The van der Waals surface area contributed by atoms with Crippen LogP contribution in [0.3, 0.4) is 0 Å². The first-order valence-electron chi connectivity index (χ1n) is 6.48. The minimum atomic E-state index is -0.772. The van der Waals surface area contributed by atoms with E-state index in [9.17, 15) is 9.90 Å². The maximum Gasteiger partial charge on any atom is 0.225 e. The molecule has 0 bridgehead atoms. The second-order valence-corrected chi connectivity index (χ2v) is 5.34. The van der Waals surface area contributed by atoms with Gasteiger partial charge in [0.1, 0.15) is 0 Å². The van der Waals surface area contributed by atoms with Crippen molar-refractivity contribution in [3.63, 3.8) is 0 Å². The lowest BCUT2D eigenvalue weighted by molar-refractivity contribution is -0.139. The predicted octanol–water partition coefficient (Wildman–Crippen LogP) is -0.735. The molecule has 2 fully saturated rings. The number of carbonyl (C=O) groups is 1. The van der Waals surface area contributed by atoms with E-state index in [1.807, 2.05) is 4.90 Å². The van der Waals surface area contributed by atoms with Gasteiger partial charge in [-0.3, -0.25) is 4.79 Å². The van der Waals surface area contributed by atoms with Crippen LogP contribution in [0.15, 0.2) is 0 Å². The summed E-state index contributed by atoms with van der Waals surface area (Å²) in [6.07, 6.45) is 1.66. The number of piperazine rings is 1. The molecule has 2 heterocycles. The van der Waals surface area contributed by atoms with Crippen LogP contribution in [0.4, 0.5) is 0 Å².